The van der Waals surface area contributed by atoms with Gasteiger partial charge in [-0.3, -0.25) is 19.6 Å². The topological polar surface area (TPSA) is 81.2 Å². The fourth-order valence-electron chi connectivity index (χ4n) is 6.30. The van der Waals surface area contributed by atoms with Gasteiger partial charge in [-0.1, -0.05) is 19.9 Å². The van der Waals surface area contributed by atoms with Crippen LogP contribution in [0.3, 0.4) is 0 Å². The summed E-state index contributed by atoms with van der Waals surface area (Å²) in [5, 5.41) is 14.5. The second-order valence-electron chi connectivity index (χ2n) is 12.4. The van der Waals surface area contributed by atoms with Crippen molar-refractivity contribution >= 4 is 36.4 Å². The maximum atomic E-state index is 13.9. The molecule has 0 spiro atoms. The molecule has 1 aromatic heterocycles. The lowest BCUT2D eigenvalue weighted by Crippen LogP contribution is -2.63. The summed E-state index contributed by atoms with van der Waals surface area (Å²) in [6.45, 7) is 15.2. The van der Waals surface area contributed by atoms with Gasteiger partial charge in [-0.05, 0) is 44.5 Å². The Bertz CT molecular complexity index is 1250. The van der Waals surface area contributed by atoms with Crippen molar-refractivity contribution in [2.24, 2.45) is 0 Å². The molecule has 3 aliphatic heterocycles. The predicted octanol–water partition coefficient (Wildman–Crippen LogP) is 3.68. The third-order valence-corrected chi connectivity index (χ3v) is 8.59. The summed E-state index contributed by atoms with van der Waals surface area (Å²) < 4.78 is 33.0. The monoisotopic (exact) mass is 629 g/mol. The third-order valence-electron chi connectivity index (χ3n) is 8.59. The van der Waals surface area contributed by atoms with Crippen LogP contribution in [-0.2, 0) is 14.9 Å². The highest BCUT2D eigenvalue weighted by molar-refractivity contribution is 5.97. The van der Waals surface area contributed by atoms with Crippen LogP contribution in [-0.4, -0.2) is 95.9 Å². The van der Waals surface area contributed by atoms with Crippen LogP contribution >= 0.6 is 24.8 Å². The minimum atomic E-state index is -1.20. The quantitative estimate of drug-likeness (QED) is 0.505. The van der Waals surface area contributed by atoms with Crippen molar-refractivity contribution in [1.82, 2.24) is 20.1 Å². The molecule has 1 amide bonds. The molecule has 4 heterocycles. The standard InChI is InChI=1S/C30H41F2N5O3.2ClH/c1-18-12-35(23(11-33-18)13-36-19(2)15-40-16-20(36)3)14-27(38)37-17-30(4,5)29-26(37)9-22(10-34-29)28(39)21-6-7-24(31)25(32)8-21;;/h6-10,18-20,23,28,33,39H,11-17H2,1-5H3;2*1H/t18-,19-,20-,23-,28?;;/m1../s1. The Hall–Kier alpha value is -1.92. The van der Waals surface area contributed by atoms with Crippen LogP contribution in [0.4, 0.5) is 14.5 Å². The summed E-state index contributed by atoms with van der Waals surface area (Å²) in [5.74, 6) is -2.01. The molecule has 12 heteroatoms. The van der Waals surface area contributed by atoms with E-state index in [1.165, 1.54) is 6.07 Å². The number of ether oxygens (including phenoxy) is 1. The number of hydrogen-bond donors (Lipinski definition) is 2. The van der Waals surface area contributed by atoms with Gasteiger partial charge in [0.1, 0.15) is 6.10 Å². The fraction of sp³-hybridized carbons (Fsp3) is 0.600. The number of aromatic nitrogens is 1. The van der Waals surface area contributed by atoms with Gasteiger partial charge in [0, 0.05) is 67.5 Å². The van der Waals surface area contributed by atoms with Crippen molar-refractivity contribution in [3.8, 4) is 0 Å². The average molecular weight is 631 g/mol. The first-order valence-electron chi connectivity index (χ1n) is 14.2. The number of halogens is 4. The molecule has 5 atom stereocenters. The van der Waals surface area contributed by atoms with Crippen LogP contribution in [0.1, 0.15) is 57.5 Å². The van der Waals surface area contributed by atoms with E-state index in [9.17, 15) is 18.7 Å². The van der Waals surface area contributed by atoms with Crippen molar-refractivity contribution in [3.05, 3.63) is 58.9 Å². The number of nitrogens with zero attached hydrogens (tertiary/aromatic N) is 4. The van der Waals surface area contributed by atoms with E-state index in [4.69, 9.17) is 4.74 Å². The first-order chi connectivity index (χ1) is 18.9. The molecular weight excluding hydrogens is 587 g/mol. The minimum Gasteiger partial charge on any atom is -0.384 e. The van der Waals surface area contributed by atoms with Gasteiger partial charge in [-0.15, -0.1) is 24.8 Å². The Labute approximate surface area is 259 Å². The van der Waals surface area contributed by atoms with E-state index in [0.717, 1.165) is 37.5 Å². The number of aliphatic hydroxyl groups is 1. The highest BCUT2D eigenvalue weighted by Crippen LogP contribution is 2.41. The van der Waals surface area contributed by atoms with E-state index < -0.39 is 17.7 Å². The van der Waals surface area contributed by atoms with E-state index in [2.05, 4.69) is 54.7 Å². The molecule has 0 saturated carbocycles. The number of hydrogen-bond acceptors (Lipinski definition) is 7. The molecule has 5 rings (SSSR count). The van der Waals surface area contributed by atoms with Crippen LogP contribution in [0.25, 0.3) is 0 Å². The number of carbonyl (C=O) groups is 1. The van der Waals surface area contributed by atoms with E-state index in [0.29, 0.717) is 43.1 Å². The molecular formula is C30H43Cl2F2N5O3. The molecule has 42 heavy (non-hydrogen) atoms. The SMILES string of the molecule is C[C@@H]1CN(CC(=O)N2CC(C)(C)c3ncc(C(O)c4ccc(F)c(F)c4)cc32)[C@@H](CN2[C@H](C)COC[C@H]2C)CN1.Cl.Cl. The summed E-state index contributed by atoms with van der Waals surface area (Å²) in [6, 6.07) is 6.18. The Balaban J connectivity index is 0.00000242. The second-order valence-corrected chi connectivity index (χ2v) is 12.4. The van der Waals surface area contributed by atoms with Gasteiger partial charge < -0.3 is 20.1 Å². The van der Waals surface area contributed by atoms with E-state index >= 15 is 0 Å². The largest absolute Gasteiger partial charge is 0.384 e. The predicted molar refractivity (Wildman–Crippen MR) is 164 cm³/mol. The Kier molecular flexibility index (Phi) is 11.4. The van der Waals surface area contributed by atoms with Gasteiger partial charge >= 0.3 is 0 Å². The Morgan fingerprint density at radius 2 is 1.81 bits per heavy atom. The molecule has 2 aromatic rings. The van der Waals surface area contributed by atoms with Crippen molar-refractivity contribution in [1.29, 1.82) is 0 Å². The molecule has 234 valence electrons. The lowest BCUT2D eigenvalue weighted by atomic mass is 9.90. The zero-order valence-corrected chi connectivity index (χ0v) is 26.5. The van der Waals surface area contributed by atoms with Gasteiger partial charge in [-0.2, -0.15) is 0 Å². The number of anilines is 1. The Morgan fingerprint density at radius 3 is 2.48 bits per heavy atom. The van der Waals surface area contributed by atoms with Crippen molar-refractivity contribution < 1.29 is 23.4 Å². The van der Waals surface area contributed by atoms with Gasteiger partial charge in [0.2, 0.25) is 5.91 Å². The number of amides is 1. The summed E-state index contributed by atoms with van der Waals surface area (Å²) >= 11 is 0. The zero-order valence-electron chi connectivity index (χ0n) is 24.8. The van der Waals surface area contributed by atoms with E-state index in [-0.39, 0.29) is 60.3 Å². The normalized spacial score (nSPS) is 26.6. The summed E-state index contributed by atoms with van der Waals surface area (Å²) in [7, 11) is 0. The van der Waals surface area contributed by atoms with E-state index in [1.54, 1.807) is 17.2 Å². The number of fused-ring (bicyclic) bond motifs is 1. The van der Waals surface area contributed by atoms with Crippen LogP contribution in [0.2, 0.25) is 0 Å². The Morgan fingerprint density at radius 1 is 1.12 bits per heavy atom. The number of carbonyl (C=O) groups excluding carboxylic acids is 1. The molecule has 8 nitrogen and oxygen atoms in total. The lowest BCUT2D eigenvalue weighted by molar-refractivity contribution is -0.121. The number of rotatable bonds is 6. The van der Waals surface area contributed by atoms with Crippen LogP contribution in [0, 0.1) is 11.6 Å². The van der Waals surface area contributed by atoms with Crippen LogP contribution in [0.5, 0.6) is 0 Å². The highest BCUT2D eigenvalue weighted by Gasteiger charge is 2.41. The van der Waals surface area contributed by atoms with E-state index in [1.807, 2.05) is 0 Å². The number of piperazine rings is 1. The molecule has 0 aliphatic carbocycles. The van der Waals surface area contributed by atoms with Gasteiger partial charge in [0.25, 0.3) is 0 Å². The smallest absolute Gasteiger partial charge is 0.241 e. The molecule has 2 N–H and O–H groups in total. The maximum absolute atomic E-state index is 13.9. The number of morpholine rings is 1. The summed E-state index contributed by atoms with van der Waals surface area (Å²) in [5.41, 5.74) is 1.71. The molecule has 0 radical (unpaired) electrons. The molecule has 1 unspecified atom stereocenters. The lowest BCUT2D eigenvalue weighted by Gasteiger charge is -2.46. The molecule has 0 bridgehead atoms. The molecule has 2 saturated heterocycles. The minimum absolute atomic E-state index is 0. The fourth-order valence-corrected chi connectivity index (χ4v) is 6.30. The molecule has 1 aromatic carbocycles. The average Bonchev–Trinajstić information content (AvgIpc) is 3.18. The van der Waals surface area contributed by atoms with Crippen molar-refractivity contribution in [2.75, 3.05) is 50.8 Å². The highest BCUT2D eigenvalue weighted by atomic mass is 35.5. The van der Waals surface area contributed by atoms with Crippen LogP contribution in [0.15, 0.2) is 30.5 Å². The molecule has 2 fully saturated rings. The maximum Gasteiger partial charge on any atom is 0.241 e. The number of pyridine rings is 1. The molecule has 3 aliphatic rings. The van der Waals surface area contributed by atoms with Crippen molar-refractivity contribution in [3.63, 3.8) is 0 Å². The summed E-state index contributed by atoms with van der Waals surface area (Å²) in [4.78, 5) is 25.1. The number of benzene rings is 1. The first kappa shape index (κ1) is 34.6. The van der Waals surface area contributed by atoms with Gasteiger partial charge in [0.15, 0.2) is 11.6 Å². The van der Waals surface area contributed by atoms with Gasteiger partial charge in [-0.25, -0.2) is 8.78 Å². The van der Waals surface area contributed by atoms with Crippen LogP contribution < -0.4 is 10.2 Å². The zero-order chi connectivity index (χ0) is 28.8. The van der Waals surface area contributed by atoms with Crippen molar-refractivity contribution in [2.45, 2.75) is 70.3 Å². The second kappa shape index (κ2) is 13.8. The number of nitrogens with one attached hydrogen (secondary N) is 1. The third kappa shape index (κ3) is 7.07. The first-order valence-corrected chi connectivity index (χ1v) is 14.2. The van der Waals surface area contributed by atoms with Gasteiger partial charge in [0.05, 0.1) is 31.1 Å². The number of aliphatic hydroxyl groups excluding tert-OH is 1. The summed E-state index contributed by atoms with van der Waals surface area (Å²) in [6.07, 6.45) is 0.351.